The summed E-state index contributed by atoms with van der Waals surface area (Å²) in [4.78, 5) is 0. The Labute approximate surface area is 163 Å². The average molecular weight is 359 g/mol. The van der Waals surface area contributed by atoms with Crippen LogP contribution in [0.2, 0.25) is 0 Å². The third-order valence-electron chi connectivity index (χ3n) is 5.11. The molecule has 0 atom stereocenters. The molecule has 0 aromatic heterocycles. The van der Waals surface area contributed by atoms with Gasteiger partial charge in [-0.05, 0) is 73.7 Å². The molecule has 0 unspecified atom stereocenters. The first-order valence-electron chi connectivity index (χ1n) is 9.76. The Morgan fingerprint density at radius 3 is 2.22 bits per heavy atom. The summed E-state index contributed by atoms with van der Waals surface area (Å²) in [7, 11) is 0. The van der Waals surface area contributed by atoms with Gasteiger partial charge < -0.3 is 10.6 Å². The summed E-state index contributed by atoms with van der Waals surface area (Å²) >= 11 is 0. The summed E-state index contributed by atoms with van der Waals surface area (Å²) in [6.45, 7) is 9.28. The van der Waals surface area contributed by atoms with Crippen LogP contribution in [0.15, 0.2) is 66.7 Å². The molecule has 0 spiro atoms. The van der Waals surface area contributed by atoms with Gasteiger partial charge in [0.25, 0.3) is 0 Å². The number of anilines is 1. The molecule has 0 aliphatic heterocycles. The first-order chi connectivity index (χ1) is 13.1. The Morgan fingerprint density at radius 1 is 0.704 bits per heavy atom. The van der Waals surface area contributed by atoms with E-state index in [9.17, 15) is 0 Å². The van der Waals surface area contributed by atoms with Crippen LogP contribution in [0.25, 0.3) is 0 Å². The standard InChI is InChI=1S/C25H30N2/c1-19-8-9-21(3)24(16-19)17-26-15-14-22-10-12-25(13-11-22)27-18-23-7-5-4-6-20(23)2/h4-13,16,26-27H,14-15,17-18H2,1-3H3. The van der Waals surface area contributed by atoms with Crippen LogP contribution in [-0.2, 0) is 19.5 Å². The first kappa shape index (κ1) is 19.2. The zero-order valence-corrected chi connectivity index (χ0v) is 16.7. The largest absolute Gasteiger partial charge is 0.381 e. The Bertz CT molecular complexity index is 866. The van der Waals surface area contributed by atoms with E-state index in [4.69, 9.17) is 0 Å². The molecule has 0 aliphatic rings. The van der Waals surface area contributed by atoms with Crippen molar-refractivity contribution in [2.75, 3.05) is 11.9 Å². The molecule has 0 saturated heterocycles. The van der Waals surface area contributed by atoms with E-state index in [1.54, 1.807) is 0 Å². The number of hydrogen-bond acceptors (Lipinski definition) is 2. The molecule has 2 N–H and O–H groups in total. The van der Waals surface area contributed by atoms with E-state index in [1.807, 2.05) is 0 Å². The fraction of sp³-hybridized carbons (Fsp3) is 0.280. The van der Waals surface area contributed by atoms with Crippen LogP contribution in [0.1, 0.15) is 33.4 Å². The van der Waals surface area contributed by atoms with Crippen LogP contribution < -0.4 is 10.6 Å². The highest BCUT2D eigenvalue weighted by Crippen LogP contribution is 2.14. The summed E-state index contributed by atoms with van der Waals surface area (Å²) in [6.07, 6.45) is 1.04. The smallest absolute Gasteiger partial charge is 0.0403 e. The van der Waals surface area contributed by atoms with Crippen LogP contribution in [0.3, 0.4) is 0 Å². The van der Waals surface area contributed by atoms with E-state index in [-0.39, 0.29) is 0 Å². The molecule has 3 rings (SSSR count). The Hall–Kier alpha value is -2.58. The molecule has 0 bridgehead atoms. The minimum atomic E-state index is 0.865. The molecule has 140 valence electrons. The maximum absolute atomic E-state index is 3.57. The molecule has 27 heavy (non-hydrogen) atoms. The number of nitrogens with one attached hydrogen (secondary N) is 2. The molecular weight excluding hydrogens is 328 g/mol. The van der Waals surface area contributed by atoms with Gasteiger partial charge in [0.15, 0.2) is 0 Å². The van der Waals surface area contributed by atoms with Gasteiger partial charge in [0.2, 0.25) is 0 Å². The van der Waals surface area contributed by atoms with Gasteiger partial charge in [-0.25, -0.2) is 0 Å². The molecular formula is C25H30N2. The lowest BCUT2D eigenvalue weighted by Gasteiger charge is -2.11. The average Bonchev–Trinajstić information content (AvgIpc) is 2.68. The van der Waals surface area contributed by atoms with Gasteiger partial charge in [0.1, 0.15) is 0 Å². The molecule has 3 aromatic carbocycles. The molecule has 0 saturated carbocycles. The van der Waals surface area contributed by atoms with Crippen molar-refractivity contribution in [1.82, 2.24) is 5.32 Å². The highest BCUT2D eigenvalue weighted by molar-refractivity contribution is 5.45. The van der Waals surface area contributed by atoms with Crippen molar-refractivity contribution in [2.45, 2.75) is 40.3 Å². The molecule has 2 heteroatoms. The molecule has 0 fully saturated rings. The number of aryl methyl sites for hydroxylation is 3. The zero-order chi connectivity index (χ0) is 19.1. The van der Waals surface area contributed by atoms with Gasteiger partial charge in [-0.3, -0.25) is 0 Å². The van der Waals surface area contributed by atoms with Crippen molar-refractivity contribution in [3.63, 3.8) is 0 Å². The second-order valence-electron chi connectivity index (χ2n) is 7.33. The van der Waals surface area contributed by atoms with Crippen LogP contribution in [-0.4, -0.2) is 6.54 Å². The first-order valence-corrected chi connectivity index (χ1v) is 9.76. The zero-order valence-electron chi connectivity index (χ0n) is 16.7. The van der Waals surface area contributed by atoms with Gasteiger partial charge in [0.05, 0.1) is 0 Å². The minimum absolute atomic E-state index is 0.865. The fourth-order valence-corrected chi connectivity index (χ4v) is 3.24. The predicted molar refractivity (Wildman–Crippen MR) is 116 cm³/mol. The third kappa shape index (κ3) is 5.70. The highest BCUT2D eigenvalue weighted by Gasteiger charge is 2.00. The molecule has 0 radical (unpaired) electrons. The van der Waals surface area contributed by atoms with E-state index in [0.29, 0.717) is 0 Å². The van der Waals surface area contributed by atoms with Gasteiger partial charge in [-0.1, -0.05) is 60.2 Å². The summed E-state index contributed by atoms with van der Waals surface area (Å²) in [5.74, 6) is 0. The Morgan fingerprint density at radius 2 is 1.44 bits per heavy atom. The van der Waals surface area contributed by atoms with Gasteiger partial charge in [-0.2, -0.15) is 0 Å². The summed E-state index contributed by atoms with van der Waals surface area (Å²) in [5.41, 5.74) is 9.29. The SMILES string of the molecule is Cc1ccc(C)c(CNCCc2ccc(NCc3ccccc3C)cc2)c1. The monoisotopic (exact) mass is 358 g/mol. The third-order valence-corrected chi connectivity index (χ3v) is 5.11. The quantitative estimate of drug-likeness (QED) is 0.515. The predicted octanol–water partition coefficient (Wildman–Crippen LogP) is 5.56. The van der Waals surface area contributed by atoms with Crippen molar-refractivity contribution < 1.29 is 0 Å². The number of benzene rings is 3. The maximum Gasteiger partial charge on any atom is 0.0403 e. The normalized spacial score (nSPS) is 10.8. The molecule has 0 aliphatic carbocycles. The second-order valence-corrected chi connectivity index (χ2v) is 7.33. The lowest BCUT2D eigenvalue weighted by atomic mass is 10.1. The van der Waals surface area contributed by atoms with Crippen molar-refractivity contribution in [2.24, 2.45) is 0 Å². The van der Waals surface area contributed by atoms with Gasteiger partial charge in [0, 0.05) is 18.8 Å². The van der Waals surface area contributed by atoms with Gasteiger partial charge >= 0.3 is 0 Å². The highest BCUT2D eigenvalue weighted by atomic mass is 14.9. The summed E-state index contributed by atoms with van der Waals surface area (Å²) in [6, 6.07) is 24.0. The van der Waals surface area contributed by atoms with E-state index in [0.717, 1.165) is 26.1 Å². The van der Waals surface area contributed by atoms with Crippen molar-refractivity contribution in [1.29, 1.82) is 0 Å². The van der Waals surface area contributed by atoms with Crippen LogP contribution in [0.4, 0.5) is 5.69 Å². The Balaban J connectivity index is 1.44. The van der Waals surface area contributed by atoms with Gasteiger partial charge in [-0.15, -0.1) is 0 Å². The lowest BCUT2D eigenvalue weighted by molar-refractivity contribution is 0.684. The van der Waals surface area contributed by atoms with E-state index in [2.05, 4.69) is 98.1 Å². The van der Waals surface area contributed by atoms with E-state index >= 15 is 0 Å². The number of rotatable bonds is 8. The van der Waals surface area contributed by atoms with E-state index < -0.39 is 0 Å². The number of hydrogen-bond donors (Lipinski definition) is 2. The summed E-state index contributed by atoms with van der Waals surface area (Å²) in [5, 5.41) is 7.08. The van der Waals surface area contributed by atoms with Crippen LogP contribution in [0, 0.1) is 20.8 Å². The molecule has 3 aromatic rings. The van der Waals surface area contributed by atoms with Crippen LogP contribution in [0.5, 0.6) is 0 Å². The topological polar surface area (TPSA) is 24.1 Å². The maximum atomic E-state index is 3.57. The molecule has 0 amide bonds. The molecule has 0 heterocycles. The Kier molecular flexibility index (Phi) is 6.67. The van der Waals surface area contributed by atoms with Crippen molar-refractivity contribution in [3.8, 4) is 0 Å². The lowest BCUT2D eigenvalue weighted by Crippen LogP contribution is -2.17. The fourth-order valence-electron chi connectivity index (χ4n) is 3.24. The minimum Gasteiger partial charge on any atom is -0.381 e. The van der Waals surface area contributed by atoms with E-state index in [1.165, 1.54) is 39.1 Å². The van der Waals surface area contributed by atoms with Crippen molar-refractivity contribution in [3.05, 3.63) is 100 Å². The molecule has 2 nitrogen and oxygen atoms in total. The van der Waals surface area contributed by atoms with Crippen molar-refractivity contribution >= 4 is 5.69 Å². The van der Waals surface area contributed by atoms with Crippen LogP contribution >= 0.6 is 0 Å². The second kappa shape index (κ2) is 9.38. The summed E-state index contributed by atoms with van der Waals surface area (Å²) < 4.78 is 0.